The number of hydrogen-bond donors (Lipinski definition) is 1. The van der Waals surface area contributed by atoms with Gasteiger partial charge in [0.25, 0.3) is 0 Å². The third kappa shape index (κ3) is 2.91. The summed E-state index contributed by atoms with van der Waals surface area (Å²) >= 11 is 3.55. The number of hydrogen-bond acceptors (Lipinski definition) is 3. The Morgan fingerprint density at radius 3 is 2.75 bits per heavy atom. The summed E-state index contributed by atoms with van der Waals surface area (Å²) in [6.45, 7) is 2.57. The van der Waals surface area contributed by atoms with Crippen molar-refractivity contribution in [2.24, 2.45) is 0 Å². The maximum absolute atomic E-state index is 9.70. The van der Waals surface area contributed by atoms with Crippen LogP contribution in [0.15, 0.2) is 45.5 Å². The summed E-state index contributed by atoms with van der Waals surface area (Å²) in [5.41, 5.74) is 2.09. The van der Waals surface area contributed by atoms with E-state index in [-0.39, 0.29) is 0 Å². The Labute approximate surface area is 127 Å². The molecule has 1 N–H and O–H groups in total. The van der Waals surface area contributed by atoms with Gasteiger partial charge in [-0.3, -0.25) is 0 Å². The van der Waals surface area contributed by atoms with Crippen LogP contribution in [-0.4, -0.2) is 11.1 Å². The van der Waals surface area contributed by atoms with E-state index in [1.807, 2.05) is 18.2 Å². The third-order valence-electron chi connectivity index (χ3n) is 3.66. The molecule has 106 valence electrons. The predicted molar refractivity (Wildman–Crippen MR) is 82.7 cm³/mol. The van der Waals surface area contributed by atoms with Crippen LogP contribution >= 0.6 is 15.9 Å². The summed E-state index contributed by atoms with van der Waals surface area (Å²) in [6.07, 6.45) is 3.72. The molecule has 1 aromatic heterocycles. The Morgan fingerprint density at radius 2 is 2.20 bits per heavy atom. The van der Waals surface area contributed by atoms with Gasteiger partial charge in [0, 0.05) is 16.2 Å². The van der Waals surface area contributed by atoms with Crippen LogP contribution in [-0.2, 0) is 6.54 Å². The van der Waals surface area contributed by atoms with Gasteiger partial charge in [-0.05, 0) is 49.6 Å². The fourth-order valence-corrected chi connectivity index (χ4v) is 3.12. The van der Waals surface area contributed by atoms with E-state index in [1.165, 1.54) is 18.5 Å². The van der Waals surface area contributed by atoms with E-state index < -0.39 is 6.10 Å². The molecule has 1 atom stereocenters. The van der Waals surface area contributed by atoms with E-state index >= 15 is 0 Å². The van der Waals surface area contributed by atoms with Crippen molar-refractivity contribution in [3.8, 4) is 0 Å². The molecule has 0 saturated heterocycles. The Bertz CT molecular complexity index is 576. The highest BCUT2D eigenvalue weighted by molar-refractivity contribution is 9.10. The third-order valence-corrected chi connectivity index (χ3v) is 4.35. The number of anilines is 1. The molecule has 2 aromatic rings. The largest absolute Gasteiger partial charge is 0.467 e. The van der Waals surface area contributed by atoms with Gasteiger partial charge < -0.3 is 14.4 Å². The standard InChI is InChI=1S/C16H18BrNO2/c1-11(19)15-7-6-13(9-16(15)17)18(12-4-5-12)10-14-3-2-8-20-14/h2-3,6-9,11-12,19H,4-5,10H2,1H3/t11-/m0/s1. The highest BCUT2D eigenvalue weighted by Gasteiger charge is 2.30. The van der Waals surface area contributed by atoms with Crippen molar-refractivity contribution in [1.29, 1.82) is 0 Å². The fourth-order valence-electron chi connectivity index (χ4n) is 2.42. The molecule has 1 aromatic carbocycles. The Kier molecular flexibility index (Phi) is 3.85. The second-order valence-corrected chi connectivity index (χ2v) is 6.17. The summed E-state index contributed by atoms with van der Waals surface area (Å²) < 4.78 is 6.42. The van der Waals surface area contributed by atoms with E-state index in [9.17, 15) is 5.11 Å². The van der Waals surface area contributed by atoms with Gasteiger partial charge in [-0.2, -0.15) is 0 Å². The molecule has 1 aliphatic rings. The van der Waals surface area contributed by atoms with Gasteiger partial charge in [0.05, 0.1) is 18.9 Å². The van der Waals surface area contributed by atoms with E-state index in [1.54, 1.807) is 13.2 Å². The normalized spacial score (nSPS) is 16.1. The number of nitrogens with zero attached hydrogens (tertiary/aromatic N) is 1. The van der Waals surface area contributed by atoms with Gasteiger partial charge in [-0.1, -0.05) is 22.0 Å². The number of aliphatic hydroxyl groups excluding tert-OH is 1. The highest BCUT2D eigenvalue weighted by Crippen LogP contribution is 2.36. The van der Waals surface area contributed by atoms with Crippen molar-refractivity contribution in [3.63, 3.8) is 0 Å². The zero-order valence-corrected chi connectivity index (χ0v) is 13.0. The van der Waals surface area contributed by atoms with Crippen LogP contribution in [0.25, 0.3) is 0 Å². The molecule has 0 bridgehead atoms. The quantitative estimate of drug-likeness (QED) is 0.886. The van der Waals surface area contributed by atoms with Crippen LogP contribution < -0.4 is 4.90 Å². The highest BCUT2D eigenvalue weighted by atomic mass is 79.9. The predicted octanol–water partition coefficient (Wildman–Crippen LogP) is 4.26. The Balaban J connectivity index is 1.86. The van der Waals surface area contributed by atoms with E-state index in [0.29, 0.717) is 6.04 Å². The fraction of sp³-hybridized carbons (Fsp3) is 0.375. The minimum atomic E-state index is -0.460. The summed E-state index contributed by atoms with van der Waals surface area (Å²) in [5.74, 6) is 0.979. The van der Waals surface area contributed by atoms with E-state index in [0.717, 1.165) is 22.3 Å². The lowest BCUT2D eigenvalue weighted by Crippen LogP contribution is -2.24. The average molecular weight is 336 g/mol. The van der Waals surface area contributed by atoms with Crippen LogP contribution in [0.1, 0.15) is 37.2 Å². The van der Waals surface area contributed by atoms with Crippen LogP contribution in [0.4, 0.5) is 5.69 Å². The molecular formula is C16H18BrNO2. The van der Waals surface area contributed by atoms with Crippen molar-refractivity contribution in [2.75, 3.05) is 4.90 Å². The summed E-state index contributed by atoms with van der Waals surface area (Å²) in [6, 6.07) is 10.7. The van der Waals surface area contributed by atoms with Crippen LogP contribution in [0.2, 0.25) is 0 Å². The topological polar surface area (TPSA) is 36.6 Å². The Morgan fingerprint density at radius 1 is 1.40 bits per heavy atom. The van der Waals surface area contributed by atoms with Crippen molar-refractivity contribution in [1.82, 2.24) is 0 Å². The zero-order valence-electron chi connectivity index (χ0n) is 11.4. The number of rotatable bonds is 5. The second kappa shape index (κ2) is 5.62. The molecule has 0 aliphatic heterocycles. The summed E-state index contributed by atoms with van der Waals surface area (Å²) in [4.78, 5) is 2.37. The first kappa shape index (κ1) is 13.7. The number of benzene rings is 1. The Hall–Kier alpha value is -1.26. The maximum Gasteiger partial charge on any atom is 0.123 e. The molecule has 1 heterocycles. The molecule has 0 amide bonds. The van der Waals surface area contributed by atoms with Crippen molar-refractivity contribution >= 4 is 21.6 Å². The van der Waals surface area contributed by atoms with Gasteiger partial charge in [-0.25, -0.2) is 0 Å². The lowest BCUT2D eigenvalue weighted by atomic mass is 10.1. The van der Waals surface area contributed by atoms with Crippen molar-refractivity contribution < 1.29 is 9.52 Å². The van der Waals surface area contributed by atoms with Crippen LogP contribution in [0.3, 0.4) is 0 Å². The number of halogens is 1. The van der Waals surface area contributed by atoms with Gasteiger partial charge in [0.15, 0.2) is 0 Å². The SMILES string of the molecule is C[C@H](O)c1ccc(N(Cc2ccco2)C2CC2)cc1Br. The minimum absolute atomic E-state index is 0.460. The summed E-state index contributed by atoms with van der Waals surface area (Å²) in [5, 5.41) is 9.70. The van der Waals surface area contributed by atoms with Crippen LogP contribution in [0.5, 0.6) is 0 Å². The average Bonchev–Trinajstić information content (AvgIpc) is 3.12. The second-order valence-electron chi connectivity index (χ2n) is 5.32. The number of aliphatic hydroxyl groups is 1. The molecule has 1 fully saturated rings. The lowest BCUT2D eigenvalue weighted by molar-refractivity contribution is 0.198. The van der Waals surface area contributed by atoms with Gasteiger partial charge in [0.2, 0.25) is 0 Å². The lowest BCUT2D eigenvalue weighted by Gasteiger charge is -2.24. The maximum atomic E-state index is 9.70. The molecule has 3 rings (SSSR count). The van der Waals surface area contributed by atoms with Crippen molar-refractivity contribution in [3.05, 3.63) is 52.4 Å². The first-order chi connectivity index (χ1) is 9.65. The smallest absolute Gasteiger partial charge is 0.123 e. The van der Waals surface area contributed by atoms with E-state index in [4.69, 9.17) is 4.42 Å². The molecule has 20 heavy (non-hydrogen) atoms. The van der Waals surface area contributed by atoms with Gasteiger partial charge >= 0.3 is 0 Å². The monoisotopic (exact) mass is 335 g/mol. The van der Waals surface area contributed by atoms with E-state index in [2.05, 4.69) is 33.0 Å². The molecular weight excluding hydrogens is 318 g/mol. The number of furan rings is 1. The molecule has 0 unspecified atom stereocenters. The van der Waals surface area contributed by atoms with Crippen LogP contribution in [0, 0.1) is 0 Å². The molecule has 0 spiro atoms. The minimum Gasteiger partial charge on any atom is -0.467 e. The summed E-state index contributed by atoms with van der Waals surface area (Å²) in [7, 11) is 0. The first-order valence-electron chi connectivity index (χ1n) is 6.91. The molecule has 1 aliphatic carbocycles. The molecule has 4 heteroatoms. The van der Waals surface area contributed by atoms with Gasteiger partial charge in [-0.15, -0.1) is 0 Å². The zero-order chi connectivity index (χ0) is 14.1. The van der Waals surface area contributed by atoms with Gasteiger partial charge in [0.1, 0.15) is 5.76 Å². The molecule has 3 nitrogen and oxygen atoms in total. The molecule has 1 saturated carbocycles. The molecule has 0 radical (unpaired) electrons. The first-order valence-corrected chi connectivity index (χ1v) is 7.71. The van der Waals surface area contributed by atoms with Crippen molar-refractivity contribution in [2.45, 2.75) is 38.5 Å².